The lowest BCUT2D eigenvalue weighted by Crippen LogP contribution is -2.13. The summed E-state index contributed by atoms with van der Waals surface area (Å²) in [6.45, 7) is 0.989. The van der Waals surface area contributed by atoms with Crippen LogP contribution < -0.4 is 15.6 Å². The molecule has 0 amide bonds. The van der Waals surface area contributed by atoms with Crippen molar-refractivity contribution in [2.75, 3.05) is 5.32 Å². The van der Waals surface area contributed by atoms with Gasteiger partial charge in [0, 0.05) is 6.54 Å². The Morgan fingerprint density at radius 1 is 0.906 bits per heavy atom. The van der Waals surface area contributed by atoms with Crippen molar-refractivity contribution in [1.82, 2.24) is 19.7 Å². The van der Waals surface area contributed by atoms with Crippen molar-refractivity contribution in [3.05, 3.63) is 113 Å². The van der Waals surface area contributed by atoms with E-state index in [1.807, 2.05) is 84.9 Å². The Kier molecular flexibility index (Phi) is 5.36. The van der Waals surface area contributed by atoms with Crippen molar-refractivity contribution >= 4 is 17.0 Å². The molecule has 0 saturated heterocycles. The van der Waals surface area contributed by atoms with E-state index in [0.29, 0.717) is 30.1 Å². The first kappa shape index (κ1) is 19.6. The quantitative estimate of drug-likeness (QED) is 0.408. The number of hydrogen-bond acceptors (Lipinski definition) is 5. The molecule has 0 spiro atoms. The van der Waals surface area contributed by atoms with E-state index in [1.165, 1.54) is 6.20 Å². The monoisotopic (exact) mass is 423 g/mol. The predicted octanol–water partition coefficient (Wildman–Crippen LogP) is 4.30. The third kappa shape index (κ3) is 4.22. The normalized spacial score (nSPS) is 10.9. The standard InChI is InChI=1S/C25H21N5O2/c31-24-22-16-27-30(20-11-5-2-6-12-20)23(22)28-25(29-24)26-15-19-10-7-13-21(14-19)32-17-18-8-3-1-4-9-18/h1-14,16H,15,17H2,(H2,26,28,29,31). The van der Waals surface area contributed by atoms with Crippen LogP contribution in [0.4, 0.5) is 5.95 Å². The van der Waals surface area contributed by atoms with Crippen molar-refractivity contribution in [2.24, 2.45) is 0 Å². The van der Waals surface area contributed by atoms with Gasteiger partial charge in [-0.15, -0.1) is 0 Å². The number of H-pyrrole nitrogens is 1. The molecular weight excluding hydrogens is 402 g/mol. The highest BCUT2D eigenvalue weighted by molar-refractivity contribution is 5.76. The average molecular weight is 423 g/mol. The highest BCUT2D eigenvalue weighted by Gasteiger charge is 2.11. The van der Waals surface area contributed by atoms with Crippen LogP contribution in [0.2, 0.25) is 0 Å². The van der Waals surface area contributed by atoms with Gasteiger partial charge in [-0.25, -0.2) is 4.68 Å². The van der Waals surface area contributed by atoms with Gasteiger partial charge in [-0.2, -0.15) is 10.1 Å². The Hall–Kier alpha value is -4.39. The zero-order valence-electron chi connectivity index (χ0n) is 17.2. The van der Waals surface area contributed by atoms with E-state index in [2.05, 4.69) is 20.4 Å². The van der Waals surface area contributed by atoms with Crippen LogP contribution in [0.25, 0.3) is 16.7 Å². The van der Waals surface area contributed by atoms with Crippen LogP contribution in [0.15, 0.2) is 95.9 Å². The minimum atomic E-state index is -0.236. The number of rotatable bonds is 7. The number of benzene rings is 3. The molecule has 0 saturated carbocycles. The topological polar surface area (TPSA) is 84.8 Å². The van der Waals surface area contributed by atoms with Crippen LogP contribution in [0, 0.1) is 0 Å². The number of aromatic nitrogens is 4. The molecule has 0 aliphatic heterocycles. The number of hydrogen-bond donors (Lipinski definition) is 2. The second kappa shape index (κ2) is 8.77. The summed E-state index contributed by atoms with van der Waals surface area (Å²) in [5.41, 5.74) is 3.23. The van der Waals surface area contributed by atoms with Gasteiger partial charge in [-0.3, -0.25) is 9.78 Å². The number of anilines is 1. The molecule has 7 nitrogen and oxygen atoms in total. The van der Waals surface area contributed by atoms with Gasteiger partial charge in [-0.05, 0) is 35.4 Å². The Morgan fingerprint density at radius 3 is 2.47 bits per heavy atom. The molecule has 5 aromatic rings. The third-order valence-corrected chi connectivity index (χ3v) is 5.05. The van der Waals surface area contributed by atoms with Crippen LogP contribution in [0.3, 0.4) is 0 Å². The molecule has 2 N–H and O–H groups in total. The van der Waals surface area contributed by atoms with E-state index in [1.54, 1.807) is 4.68 Å². The summed E-state index contributed by atoms with van der Waals surface area (Å²) < 4.78 is 7.56. The Balaban J connectivity index is 1.32. The van der Waals surface area contributed by atoms with Crippen LogP contribution in [-0.4, -0.2) is 19.7 Å². The van der Waals surface area contributed by atoms with Crippen molar-refractivity contribution in [2.45, 2.75) is 13.2 Å². The molecule has 0 unspecified atom stereocenters. The van der Waals surface area contributed by atoms with Gasteiger partial charge < -0.3 is 10.1 Å². The van der Waals surface area contributed by atoms with Gasteiger partial charge in [-0.1, -0.05) is 60.7 Å². The Labute approximate surface area is 184 Å². The molecule has 3 aromatic carbocycles. The van der Waals surface area contributed by atoms with Crippen LogP contribution >= 0.6 is 0 Å². The second-order valence-corrected chi connectivity index (χ2v) is 7.32. The van der Waals surface area contributed by atoms with E-state index < -0.39 is 0 Å². The maximum absolute atomic E-state index is 12.5. The summed E-state index contributed by atoms with van der Waals surface area (Å²) in [4.78, 5) is 19.9. The molecule has 0 fully saturated rings. The first-order valence-corrected chi connectivity index (χ1v) is 10.3. The highest BCUT2D eigenvalue weighted by atomic mass is 16.5. The van der Waals surface area contributed by atoms with Crippen LogP contribution in [-0.2, 0) is 13.2 Å². The van der Waals surface area contributed by atoms with Crippen molar-refractivity contribution in [3.8, 4) is 11.4 Å². The minimum absolute atomic E-state index is 0.236. The molecule has 0 bridgehead atoms. The number of nitrogens with one attached hydrogen (secondary N) is 2. The van der Waals surface area contributed by atoms with Gasteiger partial charge in [0.1, 0.15) is 17.7 Å². The fraction of sp³-hybridized carbons (Fsp3) is 0.0800. The second-order valence-electron chi connectivity index (χ2n) is 7.32. The molecule has 0 atom stereocenters. The number of para-hydroxylation sites is 1. The summed E-state index contributed by atoms with van der Waals surface area (Å²) in [7, 11) is 0. The zero-order chi connectivity index (χ0) is 21.8. The molecule has 0 aliphatic carbocycles. The van der Waals surface area contributed by atoms with Crippen LogP contribution in [0.1, 0.15) is 11.1 Å². The van der Waals surface area contributed by atoms with Crippen LogP contribution in [0.5, 0.6) is 5.75 Å². The summed E-state index contributed by atoms with van der Waals surface area (Å²) in [5, 5.41) is 7.97. The predicted molar refractivity (Wildman–Crippen MR) is 124 cm³/mol. The molecule has 5 rings (SSSR count). The molecule has 32 heavy (non-hydrogen) atoms. The average Bonchev–Trinajstić information content (AvgIpc) is 3.28. The fourth-order valence-electron chi connectivity index (χ4n) is 3.43. The molecule has 0 radical (unpaired) electrons. The maximum Gasteiger partial charge on any atom is 0.263 e. The van der Waals surface area contributed by atoms with Gasteiger partial charge >= 0.3 is 0 Å². The summed E-state index contributed by atoms with van der Waals surface area (Å²) >= 11 is 0. The van der Waals surface area contributed by atoms with E-state index in [0.717, 1.165) is 22.6 Å². The van der Waals surface area contributed by atoms with E-state index in [9.17, 15) is 4.79 Å². The Morgan fingerprint density at radius 2 is 1.66 bits per heavy atom. The Bertz CT molecular complexity index is 1390. The summed E-state index contributed by atoms with van der Waals surface area (Å²) in [6.07, 6.45) is 1.53. The summed E-state index contributed by atoms with van der Waals surface area (Å²) in [5.74, 6) is 1.17. The van der Waals surface area contributed by atoms with Crippen molar-refractivity contribution in [1.29, 1.82) is 0 Å². The largest absolute Gasteiger partial charge is 0.489 e. The zero-order valence-corrected chi connectivity index (χ0v) is 17.2. The molecule has 0 aliphatic rings. The smallest absolute Gasteiger partial charge is 0.263 e. The summed E-state index contributed by atoms with van der Waals surface area (Å²) in [6, 6.07) is 27.5. The van der Waals surface area contributed by atoms with Gasteiger partial charge in [0.15, 0.2) is 5.65 Å². The van der Waals surface area contributed by atoms with E-state index >= 15 is 0 Å². The first-order chi connectivity index (χ1) is 15.8. The number of nitrogens with zero attached hydrogens (tertiary/aromatic N) is 3. The molecular formula is C25H21N5O2. The molecule has 2 heterocycles. The maximum atomic E-state index is 12.5. The lowest BCUT2D eigenvalue weighted by molar-refractivity contribution is 0.306. The lowest BCUT2D eigenvalue weighted by atomic mass is 10.2. The van der Waals surface area contributed by atoms with Crippen molar-refractivity contribution in [3.63, 3.8) is 0 Å². The van der Waals surface area contributed by atoms with Gasteiger partial charge in [0.25, 0.3) is 5.56 Å². The van der Waals surface area contributed by atoms with Gasteiger partial charge in [0.05, 0.1) is 11.9 Å². The highest BCUT2D eigenvalue weighted by Crippen LogP contribution is 2.17. The molecule has 7 heteroatoms. The number of aromatic amines is 1. The first-order valence-electron chi connectivity index (χ1n) is 10.3. The number of ether oxygens (including phenoxy) is 1. The molecule has 158 valence electrons. The van der Waals surface area contributed by atoms with E-state index in [-0.39, 0.29) is 5.56 Å². The number of fused-ring (bicyclic) bond motifs is 1. The van der Waals surface area contributed by atoms with E-state index in [4.69, 9.17) is 4.74 Å². The fourth-order valence-corrected chi connectivity index (χ4v) is 3.43. The van der Waals surface area contributed by atoms with Gasteiger partial charge in [0.2, 0.25) is 5.95 Å². The third-order valence-electron chi connectivity index (χ3n) is 5.05. The molecule has 2 aromatic heterocycles. The minimum Gasteiger partial charge on any atom is -0.489 e. The van der Waals surface area contributed by atoms with Crippen molar-refractivity contribution < 1.29 is 4.74 Å². The lowest BCUT2D eigenvalue weighted by Gasteiger charge is -2.10. The SMILES string of the molecule is O=c1[nH]c(NCc2cccc(OCc3ccccc3)c2)nc2c1cnn2-c1ccccc1.